The van der Waals surface area contributed by atoms with Crippen molar-refractivity contribution in [1.82, 2.24) is 0 Å². The summed E-state index contributed by atoms with van der Waals surface area (Å²) in [6, 6.07) is 6.82. The Morgan fingerprint density at radius 1 is 1.43 bits per heavy atom. The lowest BCUT2D eigenvalue weighted by Gasteiger charge is -2.38. The average Bonchev–Trinajstić information content (AvgIpc) is 2.45. The summed E-state index contributed by atoms with van der Waals surface area (Å²) >= 11 is 0. The predicted octanol–water partition coefficient (Wildman–Crippen LogP) is 4.46. The molecule has 1 aliphatic rings. The van der Waals surface area contributed by atoms with Crippen molar-refractivity contribution < 1.29 is 18.3 Å². The molecule has 114 valence electrons. The number of hydrogen-bond donors (Lipinski definition) is 1. The first-order valence-corrected chi connectivity index (χ1v) is 7.05. The Labute approximate surface area is 122 Å². The number of nitriles is 1. The van der Waals surface area contributed by atoms with Gasteiger partial charge in [0.1, 0.15) is 0 Å². The van der Waals surface area contributed by atoms with E-state index < -0.39 is 23.3 Å². The molecule has 5 heteroatoms. The molecule has 1 fully saturated rings. The summed E-state index contributed by atoms with van der Waals surface area (Å²) in [6.45, 7) is 2.00. The number of alkyl halides is 3. The molecular formula is C16H18F3NO. The van der Waals surface area contributed by atoms with Gasteiger partial charge in [0.15, 0.2) is 0 Å². The zero-order valence-electron chi connectivity index (χ0n) is 11.8. The molecule has 0 amide bonds. The molecule has 0 bridgehead atoms. The molecule has 0 radical (unpaired) electrons. The van der Waals surface area contributed by atoms with Gasteiger partial charge in [-0.3, -0.25) is 0 Å². The SMILES string of the molecule is CC1CCCC(C#N)(C(O)c2cccc(C(F)(F)F)c2)C1. The Morgan fingerprint density at radius 3 is 2.71 bits per heavy atom. The number of halogens is 3. The van der Waals surface area contributed by atoms with Crippen LogP contribution in [0.15, 0.2) is 24.3 Å². The molecule has 0 saturated heterocycles. The van der Waals surface area contributed by atoms with Crippen molar-refractivity contribution >= 4 is 0 Å². The molecule has 1 aromatic carbocycles. The van der Waals surface area contributed by atoms with Gasteiger partial charge in [0.2, 0.25) is 0 Å². The van der Waals surface area contributed by atoms with Crippen molar-refractivity contribution in [2.24, 2.45) is 11.3 Å². The fourth-order valence-corrected chi connectivity index (χ4v) is 3.21. The smallest absolute Gasteiger partial charge is 0.387 e. The van der Waals surface area contributed by atoms with E-state index in [0.29, 0.717) is 18.8 Å². The van der Waals surface area contributed by atoms with Crippen molar-refractivity contribution in [2.45, 2.75) is 44.9 Å². The lowest BCUT2D eigenvalue weighted by atomic mass is 9.66. The van der Waals surface area contributed by atoms with Crippen LogP contribution in [0.2, 0.25) is 0 Å². The Balaban J connectivity index is 2.34. The van der Waals surface area contributed by atoms with Crippen LogP contribution in [0.4, 0.5) is 13.2 Å². The van der Waals surface area contributed by atoms with Gasteiger partial charge in [0, 0.05) is 0 Å². The van der Waals surface area contributed by atoms with Gasteiger partial charge in [0.05, 0.1) is 23.2 Å². The molecule has 2 rings (SSSR count). The lowest BCUT2D eigenvalue weighted by molar-refractivity contribution is -0.137. The first-order valence-electron chi connectivity index (χ1n) is 7.05. The number of aliphatic hydroxyl groups excluding tert-OH is 1. The molecule has 1 N–H and O–H groups in total. The summed E-state index contributed by atoms with van der Waals surface area (Å²) in [5, 5.41) is 20.0. The van der Waals surface area contributed by atoms with Gasteiger partial charge in [-0.15, -0.1) is 0 Å². The maximum atomic E-state index is 12.8. The highest BCUT2D eigenvalue weighted by Crippen LogP contribution is 2.48. The van der Waals surface area contributed by atoms with Crippen molar-refractivity contribution in [2.75, 3.05) is 0 Å². The second kappa shape index (κ2) is 5.69. The molecule has 1 aromatic rings. The molecule has 1 aliphatic carbocycles. The Kier molecular flexibility index (Phi) is 4.29. The van der Waals surface area contributed by atoms with Crippen LogP contribution in [0.1, 0.15) is 49.8 Å². The van der Waals surface area contributed by atoms with Crippen LogP contribution in [0.3, 0.4) is 0 Å². The van der Waals surface area contributed by atoms with Crippen molar-refractivity contribution in [3.63, 3.8) is 0 Å². The molecule has 3 atom stereocenters. The van der Waals surface area contributed by atoms with Gasteiger partial charge in [-0.25, -0.2) is 0 Å². The number of hydrogen-bond acceptors (Lipinski definition) is 2. The number of benzene rings is 1. The fourth-order valence-electron chi connectivity index (χ4n) is 3.21. The van der Waals surface area contributed by atoms with Crippen molar-refractivity contribution in [3.8, 4) is 6.07 Å². The standard InChI is InChI=1S/C16H18F3NO/c1-11-4-3-7-15(9-11,10-20)14(21)12-5-2-6-13(8-12)16(17,18)19/h2,5-6,8,11,14,21H,3-4,7,9H2,1H3. The van der Waals surface area contributed by atoms with Crippen molar-refractivity contribution in [3.05, 3.63) is 35.4 Å². The molecular weight excluding hydrogens is 279 g/mol. The van der Waals surface area contributed by atoms with Crippen LogP contribution in [-0.2, 0) is 6.18 Å². The predicted molar refractivity (Wildman–Crippen MR) is 72.1 cm³/mol. The van der Waals surface area contributed by atoms with Gasteiger partial charge in [0.25, 0.3) is 0 Å². The number of rotatable bonds is 2. The highest BCUT2D eigenvalue weighted by atomic mass is 19.4. The van der Waals surface area contributed by atoms with Crippen LogP contribution in [-0.4, -0.2) is 5.11 Å². The molecule has 0 spiro atoms. The van der Waals surface area contributed by atoms with E-state index >= 15 is 0 Å². The number of nitrogens with zero attached hydrogens (tertiary/aromatic N) is 1. The van der Waals surface area contributed by atoms with E-state index in [1.165, 1.54) is 12.1 Å². The largest absolute Gasteiger partial charge is 0.416 e. The molecule has 0 aliphatic heterocycles. The zero-order valence-corrected chi connectivity index (χ0v) is 11.8. The summed E-state index contributed by atoms with van der Waals surface area (Å²) in [6.07, 6.45) is -2.81. The van der Waals surface area contributed by atoms with Crippen LogP contribution in [0, 0.1) is 22.7 Å². The fraction of sp³-hybridized carbons (Fsp3) is 0.562. The first kappa shape index (κ1) is 15.8. The maximum Gasteiger partial charge on any atom is 0.416 e. The minimum absolute atomic E-state index is 0.167. The van der Waals surface area contributed by atoms with E-state index in [2.05, 4.69) is 6.07 Å². The van der Waals surface area contributed by atoms with Crippen LogP contribution >= 0.6 is 0 Å². The lowest BCUT2D eigenvalue weighted by Crippen LogP contribution is -2.33. The van der Waals surface area contributed by atoms with E-state index in [-0.39, 0.29) is 5.56 Å². The third kappa shape index (κ3) is 3.21. The Morgan fingerprint density at radius 2 is 2.14 bits per heavy atom. The van der Waals surface area contributed by atoms with Gasteiger partial charge >= 0.3 is 6.18 Å². The molecule has 0 aromatic heterocycles. The molecule has 3 unspecified atom stereocenters. The van der Waals surface area contributed by atoms with Gasteiger partial charge in [-0.1, -0.05) is 31.9 Å². The van der Waals surface area contributed by atoms with E-state index in [1.54, 1.807) is 0 Å². The molecule has 0 heterocycles. The first-order chi connectivity index (χ1) is 9.78. The summed E-state index contributed by atoms with van der Waals surface area (Å²) in [4.78, 5) is 0. The molecule has 21 heavy (non-hydrogen) atoms. The third-order valence-electron chi connectivity index (χ3n) is 4.31. The highest BCUT2D eigenvalue weighted by Gasteiger charge is 2.43. The van der Waals surface area contributed by atoms with E-state index in [4.69, 9.17) is 0 Å². The summed E-state index contributed by atoms with van der Waals surface area (Å²) < 4.78 is 38.3. The van der Waals surface area contributed by atoms with E-state index in [1.807, 2.05) is 6.92 Å². The second-order valence-corrected chi connectivity index (χ2v) is 6.00. The zero-order chi connectivity index (χ0) is 15.7. The minimum atomic E-state index is -4.45. The minimum Gasteiger partial charge on any atom is -0.387 e. The van der Waals surface area contributed by atoms with Gasteiger partial charge in [-0.05, 0) is 36.5 Å². The summed E-state index contributed by atoms with van der Waals surface area (Å²) in [5.41, 5.74) is -1.61. The topological polar surface area (TPSA) is 44.0 Å². The van der Waals surface area contributed by atoms with Crippen LogP contribution < -0.4 is 0 Å². The van der Waals surface area contributed by atoms with Crippen molar-refractivity contribution in [1.29, 1.82) is 5.26 Å². The average molecular weight is 297 g/mol. The second-order valence-electron chi connectivity index (χ2n) is 6.00. The summed E-state index contributed by atoms with van der Waals surface area (Å²) in [5.74, 6) is 0.291. The third-order valence-corrected chi connectivity index (χ3v) is 4.31. The Bertz CT molecular complexity index is 549. The quantitative estimate of drug-likeness (QED) is 0.876. The maximum absolute atomic E-state index is 12.8. The Hall–Kier alpha value is -1.54. The molecule has 1 saturated carbocycles. The van der Waals surface area contributed by atoms with Gasteiger partial charge in [-0.2, -0.15) is 18.4 Å². The monoisotopic (exact) mass is 297 g/mol. The van der Waals surface area contributed by atoms with Gasteiger partial charge < -0.3 is 5.11 Å². The van der Waals surface area contributed by atoms with E-state index in [9.17, 15) is 23.5 Å². The summed E-state index contributed by atoms with van der Waals surface area (Å²) in [7, 11) is 0. The highest BCUT2D eigenvalue weighted by molar-refractivity contribution is 5.30. The van der Waals surface area contributed by atoms with Crippen LogP contribution in [0.25, 0.3) is 0 Å². The number of aliphatic hydroxyl groups is 1. The van der Waals surface area contributed by atoms with Crippen LogP contribution in [0.5, 0.6) is 0 Å². The van der Waals surface area contributed by atoms with E-state index in [0.717, 1.165) is 25.0 Å². The normalized spacial score (nSPS) is 27.9. The molecule has 2 nitrogen and oxygen atoms in total.